The van der Waals surface area contributed by atoms with Gasteiger partial charge in [0, 0.05) is 13.1 Å². The summed E-state index contributed by atoms with van der Waals surface area (Å²) in [4.78, 5) is 0. The van der Waals surface area contributed by atoms with Crippen LogP contribution in [0.4, 0.5) is 0 Å². The van der Waals surface area contributed by atoms with E-state index < -0.39 is 6.10 Å². The van der Waals surface area contributed by atoms with Gasteiger partial charge in [-0.2, -0.15) is 0 Å². The van der Waals surface area contributed by atoms with Crippen molar-refractivity contribution in [1.82, 2.24) is 5.32 Å². The quantitative estimate of drug-likeness (QED) is 0.521. The molecule has 0 aromatic heterocycles. The van der Waals surface area contributed by atoms with Gasteiger partial charge >= 0.3 is 0 Å². The molecule has 4 nitrogen and oxygen atoms in total. The van der Waals surface area contributed by atoms with E-state index >= 15 is 0 Å². The molecule has 0 aliphatic rings. The van der Waals surface area contributed by atoms with Crippen LogP contribution in [0.2, 0.25) is 0 Å². The Morgan fingerprint density at radius 1 is 0.897 bits per heavy atom. The standard InChI is InChI=1S/C25H29NO3/c1-3-28-25-15-20(16-26-17-23(27)21-10-5-4-6-11-21)13-14-24(25)29-18-22-12-8-7-9-19(22)2/h4-15,23,26-27H,3,16-18H2,1-2H3. The lowest BCUT2D eigenvalue weighted by Crippen LogP contribution is -2.21. The lowest BCUT2D eigenvalue weighted by atomic mass is 10.1. The molecule has 4 heteroatoms. The summed E-state index contributed by atoms with van der Waals surface area (Å²) in [6, 6.07) is 23.9. The maximum atomic E-state index is 10.3. The molecule has 0 heterocycles. The molecular formula is C25H29NO3. The van der Waals surface area contributed by atoms with Crippen LogP contribution in [-0.4, -0.2) is 18.3 Å². The van der Waals surface area contributed by atoms with Crippen molar-refractivity contribution in [3.05, 3.63) is 95.1 Å². The van der Waals surface area contributed by atoms with Gasteiger partial charge in [0.25, 0.3) is 0 Å². The number of ether oxygens (including phenoxy) is 2. The number of aliphatic hydroxyl groups is 1. The first-order valence-corrected chi connectivity index (χ1v) is 10.0. The topological polar surface area (TPSA) is 50.7 Å². The smallest absolute Gasteiger partial charge is 0.161 e. The zero-order valence-corrected chi connectivity index (χ0v) is 17.1. The Kier molecular flexibility index (Phi) is 7.68. The van der Waals surface area contributed by atoms with Crippen LogP contribution in [0.25, 0.3) is 0 Å². The number of aliphatic hydroxyl groups excluding tert-OH is 1. The summed E-state index contributed by atoms with van der Waals surface area (Å²) in [5, 5.41) is 13.6. The number of rotatable bonds is 10. The fourth-order valence-electron chi connectivity index (χ4n) is 3.12. The summed E-state index contributed by atoms with van der Waals surface area (Å²) < 4.78 is 11.8. The second-order valence-corrected chi connectivity index (χ2v) is 6.99. The molecule has 2 N–H and O–H groups in total. The molecular weight excluding hydrogens is 362 g/mol. The fraction of sp³-hybridized carbons (Fsp3) is 0.280. The molecule has 0 spiro atoms. The Balaban J connectivity index is 1.59. The molecule has 29 heavy (non-hydrogen) atoms. The zero-order chi connectivity index (χ0) is 20.5. The first kappa shape index (κ1) is 20.9. The van der Waals surface area contributed by atoms with Crippen molar-refractivity contribution >= 4 is 0 Å². The molecule has 1 unspecified atom stereocenters. The predicted molar refractivity (Wildman–Crippen MR) is 116 cm³/mol. The molecule has 152 valence electrons. The number of aryl methyl sites for hydroxylation is 1. The molecule has 0 saturated carbocycles. The maximum absolute atomic E-state index is 10.3. The van der Waals surface area contributed by atoms with Crippen LogP contribution in [0.15, 0.2) is 72.8 Å². The highest BCUT2D eigenvalue weighted by atomic mass is 16.5. The summed E-state index contributed by atoms with van der Waals surface area (Å²) >= 11 is 0. The first-order chi connectivity index (χ1) is 14.2. The van der Waals surface area contributed by atoms with Gasteiger partial charge in [-0.1, -0.05) is 60.7 Å². The Morgan fingerprint density at radius 3 is 2.41 bits per heavy atom. The zero-order valence-electron chi connectivity index (χ0n) is 17.1. The van der Waals surface area contributed by atoms with Crippen molar-refractivity contribution < 1.29 is 14.6 Å². The van der Waals surface area contributed by atoms with Gasteiger partial charge in [0.1, 0.15) is 6.61 Å². The van der Waals surface area contributed by atoms with E-state index in [1.807, 2.05) is 67.6 Å². The summed E-state index contributed by atoms with van der Waals surface area (Å²) in [7, 11) is 0. The Morgan fingerprint density at radius 2 is 1.66 bits per heavy atom. The Labute approximate surface area is 173 Å². The van der Waals surface area contributed by atoms with E-state index in [2.05, 4.69) is 24.4 Å². The van der Waals surface area contributed by atoms with Crippen LogP contribution in [-0.2, 0) is 13.2 Å². The molecule has 0 amide bonds. The van der Waals surface area contributed by atoms with Crippen LogP contribution < -0.4 is 14.8 Å². The minimum atomic E-state index is -0.528. The monoisotopic (exact) mass is 391 g/mol. The summed E-state index contributed by atoms with van der Waals surface area (Å²) in [5.41, 5.74) is 4.37. The third-order valence-corrected chi connectivity index (χ3v) is 4.80. The third kappa shape index (κ3) is 6.08. The molecule has 0 aliphatic heterocycles. The lowest BCUT2D eigenvalue weighted by molar-refractivity contribution is 0.174. The van der Waals surface area contributed by atoms with Crippen LogP contribution >= 0.6 is 0 Å². The first-order valence-electron chi connectivity index (χ1n) is 10.0. The van der Waals surface area contributed by atoms with E-state index in [1.165, 1.54) is 5.56 Å². The van der Waals surface area contributed by atoms with Crippen molar-refractivity contribution in [2.24, 2.45) is 0 Å². The largest absolute Gasteiger partial charge is 0.490 e. The molecule has 0 radical (unpaired) electrons. The number of nitrogens with one attached hydrogen (secondary N) is 1. The van der Waals surface area contributed by atoms with Gasteiger partial charge in [-0.15, -0.1) is 0 Å². The van der Waals surface area contributed by atoms with Gasteiger partial charge in [-0.3, -0.25) is 0 Å². The normalized spacial score (nSPS) is 11.8. The number of hydrogen-bond donors (Lipinski definition) is 2. The predicted octanol–water partition coefficient (Wildman–Crippen LogP) is 4.80. The van der Waals surface area contributed by atoms with Crippen LogP contribution in [0.3, 0.4) is 0 Å². The van der Waals surface area contributed by atoms with E-state index in [-0.39, 0.29) is 0 Å². The SMILES string of the molecule is CCOc1cc(CNCC(O)c2ccccc2)ccc1OCc1ccccc1C. The van der Waals surface area contributed by atoms with Crippen LogP contribution in [0.1, 0.15) is 35.3 Å². The molecule has 3 aromatic carbocycles. The fourth-order valence-corrected chi connectivity index (χ4v) is 3.12. The van der Waals surface area contributed by atoms with Gasteiger partial charge in [-0.05, 0) is 48.2 Å². The highest BCUT2D eigenvalue weighted by molar-refractivity contribution is 5.43. The second-order valence-electron chi connectivity index (χ2n) is 6.99. The lowest BCUT2D eigenvalue weighted by Gasteiger charge is -2.15. The van der Waals surface area contributed by atoms with Gasteiger partial charge in [0.15, 0.2) is 11.5 Å². The van der Waals surface area contributed by atoms with Gasteiger partial charge in [0.2, 0.25) is 0 Å². The maximum Gasteiger partial charge on any atom is 0.161 e. The number of benzene rings is 3. The average molecular weight is 392 g/mol. The van der Waals surface area contributed by atoms with E-state index in [4.69, 9.17) is 9.47 Å². The summed E-state index contributed by atoms with van der Waals surface area (Å²) in [6.07, 6.45) is -0.528. The Bertz CT molecular complexity index is 896. The van der Waals surface area contributed by atoms with Gasteiger partial charge < -0.3 is 19.9 Å². The summed E-state index contributed by atoms with van der Waals surface area (Å²) in [6.45, 7) is 6.26. The second kappa shape index (κ2) is 10.6. The average Bonchev–Trinajstić information content (AvgIpc) is 2.75. The minimum absolute atomic E-state index is 0.486. The van der Waals surface area contributed by atoms with E-state index in [9.17, 15) is 5.11 Å². The van der Waals surface area contributed by atoms with Crippen molar-refractivity contribution in [2.45, 2.75) is 33.1 Å². The van der Waals surface area contributed by atoms with Crippen molar-refractivity contribution in [3.8, 4) is 11.5 Å². The highest BCUT2D eigenvalue weighted by Crippen LogP contribution is 2.29. The summed E-state index contributed by atoms with van der Waals surface area (Å²) in [5.74, 6) is 1.48. The van der Waals surface area contributed by atoms with E-state index in [0.29, 0.717) is 26.3 Å². The van der Waals surface area contributed by atoms with Gasteiger partial charge in [0.05, 0.1) is 12.7 Å². The third-order valence-electron chi connectivity index (χ3n) is 4.80. The molecule has 0 aliphatic carbocycles. The van der Waals surface area contributed by atoms with E-state index in [0.717, 1.165) is 28.2 Å². The highest BCUT2D eigenvalue weighted by Gasteiger charge is 2.09. The van der Waals surface area contributed by atoms with Gasteiger partial charge in [-0.25, -0.2) is 0 Å². The molecule has 0 fully saturated rings. The molecule has 3 rings (SSSR count). The molecule has 3 aromatic rings. The van der Waals surface area contributed by atoms with Crippen molar-refractivity contribution in [1.29, 1.82) is 0 Å². The molecule has 1 atom stereocenters. The molecule has 0 saturated heterocycles. The van der Waals surface area contributed by atoms with Crippen molar-refractivity contribution in [2.75, 3.05) is 13.2 Å². The van der Waals surface area contributed by atoms with Crippen LogP contribution in [0, 0.1) is 6.92 Å². The Hall–Kier alpha value is -2.82. The van der Waals surface area contributed by atoms with E-state index in [1.54, 1.807) is 0 Å². The molecule has 0 bridgehead atoms. The minimum Gasteiger partial charge on any atom is -0.490 e. The number of hydrogen-bond acceptors (Lipinski definition) is 4. The van der Waals surface area contributed by atoms with Crippen molar-refractivity contribution in [3.63, 3.8) is 0 Å². The van der Waals surface area contributed by atoms with Crippen LogP contribution in [0.5, 0.6) is 11.5 Å².